The van der Waals surface area contributed by atoms with Crippen LogP contribution in [0, 0.1) is 13.8 Å². The minimum atomic E-state index is -0.958. The van der Waals surface area contributed by atoms with E-state index in [9.17, 15) is 4.79 Å². The van der Waals surface area contributed by atoms with Crippen molar-refractivity contribution in [3.05, 3.63) is 47.0 Å². The first-order valence-electron chi connectivity index (χ1n) is 5.91. The second kappa shape index (κ2) is 5.14. The zero-order valence-corrected chi connectivity index (χ0v) is 11.2. The lowest BCUT2D eigenvalue weighted by Crippen LogP contribution is -2.10. The maximum atomic E-state index is 11.2. The Labute approximate surface area is 111 Å². The first kappa shape index (κ1) is 13.1. The molecule has 0 atom stereocenters. The molecule has 0 saturated carbocycles. The number of carbonyl (C=O) groups is 1. The third-order valence-electron chi connectivity index (χ3n) is 3.04. The highest BCUT2D eigenvalue weighted by molar-refractivity contribution is 5.86. The summed E-state index contributed by atoms with van der Waals surface area (Å²) in [5.41, 5.74) is 2.79. The van der Waals surface area contributed by atoms with Gasteiger partial charge in [0.25, 0.3) is 0 Å². The summed E-state index contributed by atoms with van der Waals surface area (Å²) in [6.07, 6.45) is 1.55. The number of aromatic carboxylic acids is 1. The SMILES string of the molecule is COc1ccc(Cn2cnc(C)c2C(=O)O)cc1C. The largest absolute Gasteiger partial charge is 0.496 e. The fourth-order valence-electron chi connectivity index (χ4n) is 2.12. The number of hydrogen-bond acceptors (Lipinski definition) is 3. The van der Waals surface area contributed by atoms with Crippen LogP contribution in [0.15, 0.2) is 24.5 Å². The molecule has 1 aromatic carbocycles. The Hall–Kier alpha value is -2.30. The van der Waals surface area contributed by atoms with Gasteiger partial charge in [-0.2, -0.15) is 0 Å². The van der Waals surface area contributed by atoms with E-state index in [4.69, 9.17) is 9.84 Å². The lowest BCUT2D eigenvalue weighted by Gasteiger charge is -2.09. The van der Waals surface area contributed by atoms with E-state index in [1.54, 1.807) is 24.9 Å². The molecule has 0 radical (unpaired) electrons. The Kier molecular flexibility index (Phi) is 3.55. The number of methoxy groups -OCH3 is 1. The van der Waals surface area contributed by atoms with Gasteiger partial charge in [0, 0.05) is 6.54 Å². The third-order valence-corrected chi connectivity index (χ3v) is 3.04. The molecule has 0 aliphatic rings. The van der Waals surface area contributed by atoms with Gasteiger partial charge in [0.1, 0.15) is 11.4 Å². The number of imidazole rings is 1. The molecule has 0 aliphatic heterocycles. The van der Waals surface area contributed by atoms with Crippen LogP contribution in [0.2, 0.25) is 0 Å². The number of hydrogen-bond donors (Lipinski definition) is 1. The molecule has 2 aromatic rings. The molecule has 1 aromatic heterocycles. The Morgan fingerprint density at radius 2 is 2.16 bits per heavy atom. The second-order valence-corrected chi connectivity index (χ2v) is 4.42. The molecule has 0 saturated heterocycles. The van der Waals surface area contributed by atoms with E-state index in [2.05, 4.69) is 4.98 Å². The van der Waals surface area contributed by atoms with Crippen molar-refractivity contribution >= 4 is 5.97 Å². The van der Waals surface area contributed by atoms with Crippen LogP contribution in [0.3, 0.4) is 0 Å². The van der Waals surface area contributed by atoms with Crippen molar-refractivity contribution in [3.63, 3.8) is 0 Å². The van der Waals surface area contributed by atoms with Gasteiger partial charge in [-0.25, -0.2) is 9.78 Å². The summed E-state index contributed by atoms with van der Waals surface area (Å²) < 4.78 is 6.84. The van der Waals surface area contributed by atoms with E-state index in [1.807, 2.05) is 25.1 Å². The number of carboxylic acid groups (broad SMARTS) is 1. The molecule has 0 spiro atoms. The summed E-state index contributed by atoms with van der Waals surface area (Å²) in [7, 11) is 1.63. The number of rotatable bonds is 4. The van der Waals surface area contributed by atoms with Crippen LogP contribution in [0.5, 0.6) is 5.75 Å². The van der Waals surface area contributed by atoms with Crippen LogP contribution in [0.1, 0.15) is 27.3 Å². The molecule has 0 amide bonds. The van der Waals surface area contributed by atoms with E-state index in [0.29, 0.717) is 12.2 Å². The molecule has 0 unspecified atom stereocenters. The average molecular weight is 260 g/mol. The highest BCUT2D eigenvalue weighted by Gasteiger charge is 2.14. The summed E-state index contributed by atoms with van der Waals surface area (Å²) in [6.45, 7) is 4.13. The standard InChI is InChI=1S/C14H16N2O3/c1-9-6-11(4-5-12(9)19-3)7-16-8-15-10(2)13(16)14(17)18/h4-6,8H,7H2,1-3H3,(H,17,18). The maximum absolute atomic E-state index is 11.2. The molecule has 2 rings (SSSR count). The van der Waals surface area contributed by atoms with Gasteiger partial charge in [0.15, 0.2) is 0 Å². The van der Waals surface area contributed by atoms with E-state index < -0.39 is 5.97 Å². The van der Waals surface area contributed by atoms with Crippen molar-refractivity contribution in [3.8, 4) is 5.75 Å². The Morgan fingerprint density at radius 1 is 1.42 bits per heavy atom. The van der Waals surface area contributed by atoms with Crippen LogP contribution in [0.4, 0.5) is 0 Å². The van der Waals surface area contributed by atoms with Gasteiger partial charge in [-0.1, -0.05) is 12.1 Å². The molecule has 100 valence electrons. The van der Waals surface area contributed by atoms with Crippen molar-refractivity contribution in [2.24, 2.45) is 0 Å². The summed E-state index contributed by atoms with van der Waals surface area (Å²) >= 11 is 0. The highest BCUT2D eigenvalue weighted by atomic mass is 16.5. The predicted octanol–water partition coefficient (Wildman–Crippen LogP) is 2.26. The predicted molar refractivity (Wildman–Crippen MR) is 70.8 cm³/mol. The lowest BCUT2D eigenvalue weighted by molar-refractivity contribution is 0.0685. The smallest absolute Gasteiger partial charge is 0.354 e. The second-order valence-electron chi connectivity index (χ2n) is 4.42. The Balaban J connectivity index is 2.31. The van der Waals surface area contributed by atoms with Crippen LogP contribution >= 0.6 is 0 Å². The first-order valence-corrected chi connectivity index (χ1v) is 5.91. The zero-order chi connectivity index (χ0) is 14.0. The number of aromatic nitrogens is 2. The average Bonchev–Trinajstić information content (AvgIpc) is 2.70. The molecule has 0 bridgehead atoms. The van der Waals surface area contributed by atoms with Crippen LogP contribution in [-0.4, -0.2) is 27.7 Å². The summed E-state index contributed by atoms with van der Waals surface area (Å²) in [5, 5.41) is 9.17. The zero-order valence-electron chi connectivity index (χ0n) is 11.2. The Bertz CT molecular complexity index is 617. The fourth-order valence-corrected chi connectivity index (χ4v) is 2.12. The van der Waals surface area contributed by atoms with Gasteiger partial charge >= 0.3 is 5.97 Å². The normalized spacial score (nSPS) is 10.5. The van der Waals surface area contributed by atoms with Crippen LogP contribution in [-0.2, 0) is 6.54 Å². The number of benzene rings is 1. The number of aryl methyl sites for hydroxylation is 2. The van der Waals surface area contributed by atoms with E-state index in [1.165, 1.54) is 0 Å². The molecule has 5 nitrogen and oxygen atoms in total. The maximum Gasteiger partial charge on any atom is 0.354 e. The van der Waals surface area contributed by atoms with Crippen molar-refractivity contribution in [2.45, 2.75) is 20.4 Å². The topological polar surface area (TPSA) is 64.4 Å². The lowest BCUT2D eigenvalue weighted by atomic mass is 10.1. The van der Waals surface area contributed by atoms with Crippen LogP contribution < -0.4 is 4.74 Å². The van der Waals surface area contributed by atoms with Gasteiger partial charge in [-0.05, 0) is 31.0 Å². The number of carboxylic acids is 1. The van der Waals surface area contributed by atoms with E-state index in [-0.39, 0.29) is 5.69 Å². The first-order chi connectivity index (χ1) is 9.02. The molecule has 0 fully saturated rings. The molecular weight excluding hydrogens is 244 g/mol. The summed E-state index contributed by atoms with van der Waals surface area (Å²) in [4.78, 5) is 15.2. The molecule has 1 heterocycles. The quantitative estimate of drug-likeness (QED) is 0.915. The van der Waals surface area contributed by atoms with Gasteiger partial charge in [0.05, 0.1) is 19.1 Å². The number of nitrogens with zero attached hydrogens (tertiary/aromatic N) is 2. The number of ether oxygens (including phenoxy) is 1. The Morgan fingerprint density at radius 3 is 2.74 bits per heavy atom. The van der Waals surface area contributed by atoms with Crippen LogP contribution in [0.25, 0.3) is 0 Å². The summed E-state index contributed by atoms with van der Waals surface area (Å²) in [5.74, 6) is -0.135. The molecular formula is C14H16N2O3. The molecule has 19 heavy (non-hydrogen) atoms. The summed E-state index contributed by atoms with van der Waals surface area (Å²) in [6, 6.07) is 5.79. The fraction of sp³-hybridized carbons (Fsp3) is 0.286. The molecule has 1 N–H and O–H groups in total. The van der Waals surface area contributed by atoms with Crippen molar-refractivity contribution in [1.82, 2.24) is 9.55 Å². The molecule has 5 heteroatoms. The van der Waals surface area contributed by atoms with Crippen molar-refractivity contribution < 1.29 is 14.6 Å². The van der Waals surface area contributed by atoms with Crippen molar-refractivity contribution in [2.75, 3.05) is 7.11 Å². The van der Waals surface area contributed by atoms with Gasteiger partial charge in [-0.3, -0.25) is 0 Å². The van der Waals surface area contributed by atoms with Gasteiger partial charge < -0.3 is 14.4 Å². The van der Waals surface area contributed by atoms with Gasteiger partial charge in [0.2, 0.25) is 0 Å². The third kappa shape index (κ3) is 2.59. The van der Waals surface area contributed by atoms with E-state index in [0.717, 1.165) is 16.9 Å². The monoisotopic (exact) mass is 260 g/mol. The minimum absolute atomic E-state index is 0.230. The van der Waals surface area contributed by atoms with Gasteiger partial charge in [-0.15, -0.1) is 0 Å². The minimum Gasteiger partial charge on any atom is -0.496 e. The highest BCUT2D eigenvalue weighted by Crippen LogP contribution is 2.19. The van der Waals surface area contributed by atoms with E-state index >= 15 is 0 Å². The van der Waals surface area contributed by atoms with Crippen molar-refractivity contribution in [1.29, 1.82) is 0 Å². The molecule has 0 aliphatic carbocycles.